The molecule has 1 unspecified atom stereocenters. The van der Waals surface area contributed by atoms with Gasteiger partial charge in [0.1, 0.15) is 0 Å². The number of aromatic nitrogens is 2. The van der Waals surface area contributed by atoms with Crippen LogP contribution in [0.2, 0.25) is 19.6 Å². The van der Waals surface area contributed by atoms with Crippen LogP contribution < -0.4 is 5.19 Å². The normalized spacial score (nSPS) is 12.0. The summed E-state index contributed by atoms with van der Waals surface area (Å²) in [5, 5.41) is 1.48. The molecule has 1 radical (unpaired) electrons. The van der Waals surface area contributed by atoms with Crippen molar-refractivity contribution in [2.24, 2.45) is 5.41 Å². The van der Waals surface area contributed by atoms with Crippen molar-refractivity contribution in [3.63, 3.8) is 0 Å². The molecule has 0 amide bonds. The molecule has 1 atom stereocenters. The van der Waals surface area contributed by atoms with Gasteiger partial charge < -0.3 is 9.97 Å². The first kappa shape index (κ1) is 32.3. The Hall–Kier alpha value is -3.17. The zero-order valence-electron chi connectivity index (χ0n) is 25.2. The maximum Gasteiger partial charge on any atom is 0.0799 e. The summed E-state index contributed by atoms with van der Waals surface area (Å²) in [7, 11) is -1.42. The molecule has 0 fully saturated rings. The predicted molar refractivity (Wildman–Crippen MR) is 173 cm³/mol. The van der Waals surface area contributed by atoms with Gasteiger partial charge in [0.15, 0.2) is 0 Å². The first-order valence-corrected chi connectivity index (χ1v) is 17.5. The van der Waals surface area contributed by atoms with Crippen LogP contribution in [-0.2, 0) is 20.1 Å². The Bertz CT molecular complexity index is 1430. The van der Waals surface area contributed by atoms with Gasteiger partial charge in [-0.2, -0.15) is 0 Å². The molecule has 0 saturated carbocycles. The largest absolute Gasteiger partial charge is 0.305 e. The molecule has 5 rings (SSSR count). The van der Waals surface area contributed by atoms with E-state index in [9.17, 15) is 0 Å². The van der Waals surface area contributed by atoms with E-state index in [2.05, 4.69) is 101 Å². The van der Waals surface area contributed by atoms with Gasteiger partial charge in [-0.3, -0.25) is 0 Å². The summed E-state index contributed by atoms with van der Waals surface area (Å²) in [4.78, 5) is 9.24. The van der Waals surface area contributed by atoms with E-state index >= 15 is 0 Å². The predicted octanol–water partition coefficient (Wildman–Crippen LogP) is 9.46. The van der Waals surface area contributed by atoms with Gasteiger partial charge in [-0.15, -0.1) is 71.8 Å². The van der Waals surface area contributed by atoms with E-state index in [1.54, 1.807) is 0 Å². The molecule has 41 heavy (non-hydrogen) atoms. The number of hydrogen-bond acceptors (Lipinski definition) is 2. The molecule has 2 heterocycles. The van der Waals surface area contributed by atoms with Crippen LogP contribution in [0.1, 0.15) is 39.2 Å². The number of benzene rings is 3. The van der Waals surface area contributed by atoms with E-state index < -0.39 is 8.07 Å². The average Bonchev–Trinajstić information content (AvgIpc) is 2.97. The van der Waals surface area contributed by atoms with Crippen LogP contribution in [0.5, 0.6) is 0 Å². The molecule has 0 aliphatic rings. The fourth-order valence-electron chi connectivity index (χ4n) is 4.53. The van der Waals surface area contributed by atoms with Crippen molar-refractivity contribution >= 4 is 13.3 Å². The van der Waals surface area contributed by atoms with E-state index in [1.165, 1.54) is 16.3 Å². The van der Waals surface area contributed by atoms with Crippen molar-refractivity contribution in [2.75, 3.05) is 0 Å². The smallest absolute Gasteiger partial charge is 0.0799 e. The van der Waals surface area contributed by atoms with Crippen molar-refractivity contribution in [1.29, 1.82) is 0 Å². The fraction of sp³-hybridized carbons (Fsp3) is 0.243. The molecular weight excluding hydrogens is 693 g/mol. The average molecular weight is 733 g/mol. The molecule has 0 bridgehead atoms. The molecule has 0 aliphatic heterocycles. The monoisotopic (exact) mass is 733 g/mol. The minimum atomic E-state index is -1.42. The number of rotatable bonds is 5. The van der Waals surface area contributed by atoms with Crippen molar-refractivity contribution in [3.8, 4) is 33.6 Å². The first-order valence-electron chi connectivity index (χ1n) is 14.0. The van der Waals surface area contributed by atoms with Gasteiger partial charge in [0, 0.05) is 32.5 Å². The molecule has 0 aliphatic carbocycles. The molecule has 0 N–H and O–H groups in total. The third-order valence-corrected chi connectivity index (χ3v) is 9.38. The number of hydrogen-bond donors (Lipinski definition) is 0. The second-order valence-electron chi connectivity index (χ2n) is 12.3. The molecule has 3 aromatic carbocycles. The Morgan fingerprint density at radius 2 is 1.22 bits per heavy atom. The summed E-state index contributed by atoms with van der Waals surface area (Å²) in [6.45, 7) is 16.5. The first-order chi connectivity index (χ1) is 19.0. The molecule has 0 saturated heterocycles. The SMILES string of the molecule is CC(c1cc(-c2[c-]cccc2)ncc1[Si](C)(C)C)C(C)(C)C.[Ir].[c-]1ccccc1-c1ccc(-c2ccccc2)cn1. The molecule has 0 spiro atoms. The summed E-state index contributed by atoms with van der Waals surface area (Å²) >= 11 is 0. The summed E-state index contributed by atoms with van der Waals surface area (Å²) in [5.74, 6) is 0.500. The van der Waals surface area contributed by atoms with E-state index in [-0.39, 0.29) is 25.5 Å². The fourth-order valence-corrected chi connectivity index (χ4v) is 6.14. The minimum Gasteiger partial charge on any atom is -0.305 e. The Kier molecular flexibility index (Phi) is 11.2. The van der Waals surface area contributed by atoms with E-state index in [4.69, 9.17) is 4.98 Å². The Morgan fingerprint density at radius 1 is 0.659 bits per heavy atom. The Balaban J connectivity index is 0.000000224. The zero-order valence-corrected chi connectivity index (χ0v) is 28.6. The molecule has 4 heteroatoms. The van der Waals surface area contributed by atoms with Crippen LogP contribution in [0.4, 0.5) is 0 Å². The van der Waals surface area contributed by atoms with Crippen molar-refractivity contribution in [3.05, 3.63) is 127 Å². The van der Waals surface area contributed by atoms with Gasteiger partial charge in [0.25, 0.3) is 0 Å². The van der Waals surface area contributed by atoms with Crippen LogP contribution in [0.3, 0.4) is 0 Å². The van der Waals surface area contributed by atoms with Crippen molar-refractivity contribution in [2.45, 2.75) is 53.3 Å². The van der Waals surface area contributed by atoms with Gasteiger partial charge in [-0.1, -0.05) is 101 Å². The second kappa shape index (κ2) is 14.1. The van der Waals surface area contributed by atoms with Crippen molar-refractivity contribution in [1.82, 2.24) is 9.97 Å². The molecule has 2 nitrogen and oxygen atoms in total. The maximum atomic E-state index is 4.74. The Morgan fingerprint density at radius 3 is 1.71 bits per heavy atom. The minimum absolute atomic E-state index is 0. The van der Waals surface area contributed by atoms with Crippen LogP contribution in [0.15, 0.2) is 109 Å². The number of nitrogens with zero attached hydrogens (tertiary/aromatic N) is 2. The summed E-state index contributed by atoms with van der Waals surface area (Å²) < 4.78 is 0. The summed E-state index contributed by atoms with van der Waals surface area (Å²) in [6.07, 6.45) is 4.03. The van der Waals surface area contributed by atoms with Gasteiger partial charge in [0.05, 0.1) is 8.07 Å². The molecule has 5 aromatic rings. The molecule has 2 aromatic heterocycles. The van der Waals surface area contributed by atoms with Crippen LogP contribution in [0, 0.1) is 17.5 Å². The zero-order chi connectivity index (χ0) is 28.8. The van der Waals surface area contributed by atoms with Crippen LogP contribution >= 0.6 is 0 Å². The molecule has 213 valence electrons. The summed E-state index contributed by atoms with van der Waals surface area (Å²) in [6, 6.07) is 39.1. The standard InChI is InChI=1S/C20H28NSi.C17H12N.Ir/c1-15(20(2,3)4)17-13-18(16-11-9-8-10-12-16)21-14-19(17)22(5,6)7;1-3-7-14(8-4-1)16-11-12-17(18-13-16)15-9-5-2-6-10-15;/h8-11,13-15H,1-7H3;1-9,11-13H;/q2*-1;. The van der Waals surface area contributed by atoms with Gasteiger partial charge in [-0.05, 0) is 39.0 Å². The van der Waals surface area contributed by atoms with Crippen molar-refractivity contribution < 1.29 is 20.1 Å². The van der Waals surface area contributed by atoms with E-state index in [0.29, 0.717) is 5.92 Å². The Labute approximate surface area is 261 Å². The number of pyridine rings is 2. The van der Waals surface area contributed by atoms with E-state index in [0.717, 1.165) is 28.1 Å². The van der Waals surface area contributed by atoms with Gasteiger partial charge >= 0.3 is 0 Å². The van der Waals surface area contributed by atoms with Gasteiger partial charge in [0.2, 0.25) is 0 Å². The third-order valence-electron chi connectivity index (χ3n) is 7.35. The van der Waals surface area contributed by atoms with Crippen LogP contribution in [0.25, 0.3) is 33.6 Å². The topological polar surface area (TPSA) is 25.8 Å². The maximum absolute atomic E-state index is 4.74. The van der Waals surface area contributed by atoms with Gasteiger partial charge in [-0.25, -0.2) is 0 Å². The second-order valence-corrected chi connectivity index (χ2v) is 17.4. The van der Waals surface area contributed by atoms with E-state index in [1.807, 2.05) is 72.9 Å². The van der Waals surface area contributed by atoms with Crippen LogP contribution in [-0.4, -0.2) is 18.0 Å². The molecular formula is C37H40IrN2Si-2. The quantitative estimate of drug-likeness (QED) is 0.133. The summed E-state index contributed by atoms with van der Waals surface area (Å²) in [5.41, 5.74) is 8.12. The third kappa shape index (κ3) is 8.66.